The van der Waals surface area contributed by atoms with Crippen LogP contribution < -0.4 is 5.73 Å². The van der Waals surface area contributed by atoms with Gasteiger partial charge < -0.3 is 10.5 Å². The maximum Gasteiger partial charge on any atom is 0.0593 e. The minimum absolute atomic E-state index is 0.552. The van der Waals surface area contributed by atoms with Crippen LogP contribution in [0.4, 0.5) is 0 Å². The topological polar surface area (TPSA) is 38.5 Å². The molecule has 1 fully saturated rings. The first-order valence-electron chi connectivity index (χ1n) is 5.76. The molecule has 0 saturated carbocycles. The number of nitrogens with zero attached hydrogens (tertiary/aromatic N) is 1. The Morgan fingerprint density at radius 3 is 2.71 bits per heavy atom. The smallest absolute Gasteiger partial charge is 0.0593 e. The fourth-order valence-corrected chi connectivity index (χ4v) is 2.07. The molecule has 1 aliphatic rings. The molecule has 1 atom stereocenters. The van der Waals surface area contributed by atoms with Crippen LogP contribution in [0, 0.1) is 5.92 Å². The quantitative estimate of drug-likeness (QED) is 0.738. The lowest BCUT2D eigenvalue weighted by Crippen LogP contribution is -2.42. The largest absolute Gasteiger partial charge is 0.380 e. The first-order chi connectivity index (χ1) is 6.74. The van der Waals surface area contributed by atoms with Gasteiger partial charge in [-0.1, -0.05) is 13.8 Å². The number of nitrogens with two attached hydrogens (primary N) is 1. The van der Waals surface area contributed by atoms with E-state index >= 15 is 0 Å². The molecule has 0 aliphatic carbocycles. The summed E-state index contributed by atoms with van der Waals surface area (Å²) in [5, 5.41) is 0. The van der Waals surface area contributed by atoms with E-state index in [4.69, 9.17) is 10.5 Å². The molecule has 14 heavy (non-hydrogen) atoms. The Morgan fingerprint density at radius 1 is 1.29 bits per heavy atom. The van der Waals surface area contributed by atoms with Crippen LogP contribution in [0.5, 0.6) is 0 Å². The SMILES string of the molecule is CC(C)CC(CN)N1CCCOCC1. The van der Waals surface area contributed by atoms with Crippen molar-refractivity contribution in [2.24, 2.45) is 11.7 Å². The predicted octanol–water partition coefficient (Wildman–Crippen LogP) is 1.08. The van der Waals surface area contributed by atoms with Crippen LogP contribution in [-0.2, 0) is 4.74 Å². The fourth-order valence-electron chi connectivity index (χ4n) is 2.07. The van der Waals surface area contributed by atoms with Gasteiger partial charge in [0.15, 0.2) is 0 Å². The van der Waals surface area contributed by atoms with Crippen molar-refractivity contribution in [2.75, 3.05) is 32.8 Å². The fraction of sp³-hybridized carbons (Fsp3) is 1.00. The molecule has 1 aliphatic heterocycles. The molecule has 1 heterocycles. The Morgan fingerprint density at radius 2 is 2.07 bits per heavy atom. The van der Waals surface area contributed by atoms with E-state index in [0.717, 1.165) is 45.2 Å². The van der Waals surface area contributed by atoms with Crippen molar-refractivity contribution in [3.05, 3.63) is 0 Å². The third-order valence-corrected chi connectivity index (χ3v) is 2.79. The van der Waals surface area contributed by atoms with Gasteiger partial charge in [-0.05, 0) is 18.8 Å². The van der Waals surface area contributed by atoms with E-state index in [0.29, 0.717) is 6.04 Å². The number of hydrogen-bond acceptors (Lipinski definition) is 3. The Kier molecular flexibility index (Phi) is 5.45. The lowest BCUT2D eigenvalue weighted by atomic mass is 10.0. The molecule has 0 radical (unpaired) electrons. The Bertz CT molecular complexity index is 142. The molecule has 0 spiro atoms. The van der Waals surface area contributed by atoms with Crippen LogP contribution >= 0.6 is 0 Å². The highest BCUT2D eigenvalue weighted by Crippen LogP contribution is 2.12. The normalized spacial score (nSPS) is 22.3. The van der Waals surface area contributed by atoms with Crippen molar-refractivity contribution in [1.29, 1.82) is 0 Å². The number of hydrogen-bond donors (Lipinski definition) is 1. The molecule has 0 amide bonds. The summed E-state index contributed by atoms with van der Waals surface area (Å²) in [5.41, 5.74) is 5.82. The van der Waals surface area contributed by atoms with Gasteiger partial charge in [0.2, 0.25) is 0 Å². The second-order valence-electron chi connectivity index (χ2n) is 4.52. The lowest BCUT2D eigenvalue weighted by molar-refractivity contribution is 0.128. The minimum Gasteiger partial charge on any atom is -0.380 e. The summed E-state index contributed by atoms with van der Waals surface area (Å²) < 4.78 is 5.44. The van der Waals surface area contributed by atoms with Gasteiger partial charge in [-0.25, -0.2) is 0 Å². The average molecular weight is 200 g/mol. The summed E-state index contributed by atoms with van der Waals surface area (Å²) in [7, 11) is 0. The maximum atomic E-state index is 5.82. The molecular weight excluding hydrogens is 176 g/mol. The zero-order chi connectivity index (χ0) is 10.4. The van der Waals surface area contributed by atoms with E-state index in [1.807, 2.05) is 0 Å². The van der Waals surface area contributed by atoms with Gasteiger partial charge in [0.25, 0.3) is 0 Å². The highest BCUT2D eigenvalue weighted by atomic mass is 16.5. The van der Waals surface area contributed by atoms with Crippen molar-refractivity contribution in [1.82, 2.24) is 4.90 Å². The van der Waals surface area contributed by atoms with E-state index in [2.05, 4.69) is 18.7 Å². The number of rotatable bonds is 4. The lowest BCUT2D eigenvalue weighted by Gasteiger charge is -2.30. The van der Waals surface area contributed by atoms with Crippen molar-refractivity contribution >= 4 is 0 Å². The summed E-state index contributed by atoms with van der Waals surface area (Å²) in [6.07, 6.45) is 2.35. The molecule has 84 valence electrons. The Labute approximate surface area is 87.6 Å². The van der Waals surface area contributed by atoms with Crippen molar-refractivity contribution in [3.63, 3.8) is 0 Å². The van der Waals surface area contributed by atoms with Crippen LogP contribution in [0.15, 0.2) is 0 Å². The summed E-state index contributed by atoms with van der Waals surface area (Å²) in [6.45, 7) is 9.28. The van der Waals surface area contributed by atoms with Crippen molar-refractivity contribution in [3.8, 4) is 0 Å². The monoisotopic (exact) mass is 200 g/mol. The molecule has 1 rings (SSSR count). The van der Waals surface area contributed by atoms with Crippen molar-refractivity contribution in [2.45, 2.75) is 32.7 Å². The van der Waals surface area contributed by atoms with Gasteiger partial charge in [-0.15, -0.1) is 0 Å². The number of ether oxygens (including phenoxy) is 1. The van der Waals surface area contributed by atoms with Crippen LogP contribution in [0.2, 0.25) is 0 Å². The molecule has 0 bridgehead atoms. The average Bonchev–Trinajstić information content (AvgIpc) is 2.41. The van der Waals surface area contributed by atoms with Gasteiger partial charge in [-0.3, -0.25) is 4.90 Å². The molecule has 0 aromatic carbocycles. The molecule has 0 aromatic rings. The molecule has 0 aromatic heterocycles. The first kappa shape index (κ1) is 12.0. The van der Waals surface area contributed by atoms with Crippen LogP contribution in [0.25, 0.3) is 0 Å². The van der Waals surface area contributed by atoms with Crippen LogP contribution in [-0.4, -0.2) is 43.8 Å². The highest BCUT2D eigenvalue weighted by Gasteiger charge is 2.19. The van der Waals surface area contributed by atoms with Gasteiger partial charge in [0.1, 0.15) is 0 Å². The molecule has 3 nitrogen and oxygen atoms in total. The predicted molar refractivity (Wildman–Crippen MR) is 59.3 cm³/mol. The highest BCUT2D eigenvalue weighted by molar-refractivity contribution is 4.75. The first-order valence-corrected chi connectivity index (χ1v) is 5.76. The third kappa shape index (κ3) is 3.95. The van der Waals surface area contributed by atoms with Gasteiger partial charge >= 0.3 is 0 Å². The van der Waals surface area contributed by atoms with Gasteiger partial charge in [0, 0.05) is 32.3 Å². The zero-order valence-corrected chi connectivity index (χ0v) is 9.54. The van der Waals surface area contributed by atoms with Crippen LogP contribution in [0.1, 0.15) is 26.7 Å². The van der Waals surface area contributed by atoms with E-state index in [1.54, 1.807) is 0 Å². The summed E-state index contributed by atoms with van der Waals surface area (Å²) >= 11 is 0. The maximum absolute atomic E-state index is 5.82. The van der Waals surface area contributed by atoms with E-state index in [9.17, 15) is 0 Å². The van der Waals surface area contributed by atoms with Crippen LogP contribution in [0.3, 0.4) is 0 Å². The van der Waals surface area contributed by atoms with Gasteiger partial charge in [0.05, 0.1) is 6.61 Å². The second-order valence-corrected chi connectivity index (χ2v) is 4.52. The van der Waals surface area contributed by atoms with Crippen molar-refractivity contribution < 1.29 is 4.74 Å². The molecule has 1 unspecified atom stereocenters. The Hall–Kier alpha value is -0.120. The summed E-state index contributed by atoms with van der Waals surface area (Å²) in [5.74, 6) is 0.729. The molecule has 1 saturated heterocycles. The third-order valence-electron chi connectivity index (χ3n) is 2.79. The summed E-state index contributed by atoms with van der Waals surface area (Å²) in [4.78, 5) is 2.49. The molecule has 2 N–H and O–H groups in total. The van der Waals surface area contributed by atoms with Gasteiger partial charge in [-0.2, -0.15) is 0 Å². The molecular formula is C11H24N2O. The zero-order valence-electron chi connectivity index (χ0n) is 9.54. The van der Waals surface area contributed by atoms with E-state index in [1.165, 1.54) is 6.42 Å². The van der Waals surface area contributed by atoms with E-state index in [-0.39, 0.29) is 0 Å². The Balaban J connectivity index is 2.40. The minimum atomic E-state index is 0.552. The second kappa shape index (κ2) is 6.38. The van der Waals surface area contributed by atoms with E-state index < -0.39 is 0 Å². The molecule has 3 heteroatoms. The standard InChI is InChI=1S/C11H24N2O/c1-10(2)8-11(9-12)13-4-3-6-14-7-5-13/h10-11H,3-9,12H2,1-2H3. The summed E-state index contributed by atoms with van der Waals surface area (Å²) in [6, 6.07) is 0.552.